The Kier molecular flexibility index (Phi) is 2.67. The molecule has 56 valence electrons. The normalized spacial score (nSPS) is 9.18. The van der Waals surface area contributed by atoms with Crippen LogP contribution in [0.3, 0.4) is 0 Å². The molecule has 0 unspecified atom stereocenters. The first kappa shape index (κ1) is 8.29. The molecule has 0 fully saturated rings. The van der Waals surface area contributed by atoms with Gasteiger partial charge in [-0.1, -0.05) is 35.0 Å². The molecule has 0 spiro atoms. The zero-order valence-corrected chi connectivity index (χ0v) is 7.85. The molecule has 1 aromatic rings. The Bertz CT molecular complexity index is 299. The third kappa shape index (κ3) is 1.81. The van der Waals surface area contributed by atoms with E-state index < -0.39 is 0 Å². The highest BCUT2D eigenvalue weighted by Gasteiger charge is 1.97. The van der Waals surface area contributed by atoms with E-state index in [2.05, 4.69) is 27.7 Å². The summed E-state index contributed by atoms with van der Waals surface area (Å²) in [6, 6.07) is 5.68. The third-order valence-electron chi connectivity index (χ3n) is 1.55. The van der Waals surface area contributed by atoms with Crippen LogP contribution in [-0.2, 0) is 6.42 Å². The van der Waals surface area contributed by atoms with E-state index in [1.807, 2.05) is 18.2 Å². The van der Waals surface area contributed by atoms with Crippen molar-refractivity contribution in [1.29, 1.82) is 0 Å². The average molecular weight is 210 g/mol. The van der Waals surface area contributed by atoms with Crippen LogP contribution in [0.15, 0.2) is 22.7 Å². The summed E-state index contributed by atoms with van der Waals surface area (Å²) in [4.78, 5) is 3.33. The van der Waals surface area contributed by atoms with Gasteiger partial charge in [-0.15, -0.1) is 0 Å². The Morgan fingerprint density at radius 3 is 2.73 bits per heavy atom. The number of hydrogen-bond acceptors (Lipinski definition) is 0. The summed E-state index contributed by atoms with van der Waals surface area (Å²) in [5.74, 6) is 0. The molecule has 1 aromatic carbocycles. The Balaban J connectivity index is 3.12. The summed E-state index contributed by atoms with van der Waals surface area (Å²) < 4.78 is 1.04. The molecule has 0 radical (unpaired) electrons. The molecule has 0 aliphatic heterocycles. The Morgan fingerprint density at radius 2 is 2.27 bits per heavy atom. The molecule has 0 aromatic heterocycles. The Morgan fingerprint density at radius 1 is 1.55 bits per heavy atom. The molecule has 0 aliphatic rings. The van der Waals surface area contributed by atoms with E-state index in [-0.39, 0.29) is 0 Å². The van der Waals surface area contributed by atoms with Crippen molar-refractivity contribution in [2.45, 2.75) is 13.3 Å². The minimum absolute atomic E-state index is 0.689. The first-order valence-electron chi connectivity index (χ1n) is 3.43. The lowest BCUT2D eigenvalue weighted by Gasteiger charge is -1.99. The van der Waals surface area contributed by atoms with Crippen molar-refractivity contribution in [3.63, 3.8) is 0 Å². The van der Waals surface area contributed by atoms with Gasteiger partial charge in [-0.05, 0) is 18.1 Å². The number of benzene rings is 1. The molecular weight excluding hydrogens is 202 g/mol. The maximum absolute atomic E-state index is 6.77. The average Bonchev–Trinajstić information content (AvgIpc) is 2.04. The number of hydrogen-bond donors (Lipinski definition) is 0. The summed E-state index contributed by atoms with van der Waals surface area (Å²) in [6.07, 6.45) is 0.999. The van der Waals surface area contributed by atoms with Crippen LogP contribution in [0.1, 0.15) is 12.5 Å². The van der Waals surface area contributed by atoms with Crippen LogP contribution >= 0.6 is 15.9 Å². The van der Waals surface area contributed by atoms with Gasteiger partial charge in [-0.2, -0.15) is 0 Å². The number of nitrogens with zero attached hydrogens (tertiary/aromatic N) is 1. The molecule has 2 heteroatoms. The molecule has 0 amide bonds. The molecule has 0 bridgehead atoms. The van der Waals surface area contributed by atoms with Gasteiger partial charge in [0.15, 0.2) is 5.69 Å². The van der Waals surface area contributed by atoms with E-state index >= 15 is 0 Å². The molecule has 0 atom stereocenters. The SMILES string of the molecule is [C-]#[N+]c1ccc(CC)c(Br)c1. The zero-order chi connectivity index (χ0) is 8.27. The van der Waals surface area contributed by atoms with Gasteiger partial charge >= 0.3 is 0 Å². The van der Waals surface area contributed by atoms with E-state index in [0.29, 0.717) is 5.69 Å². The quantitative estimate of drug-likeness (QED) is 0.624. The monoisotopic (exact) mass is 209 g/mol. The Hall–Kier alpha value is -0.810. The van der Waals surface area contributed by atoms with Gasteiger partial charge in [0.25, 0.3) is 0 Å². The number of halogens is 1. The fourth-order valence-corrected chi connectivity index (χ4v) is 1.54. The van der Waals surface area contributed by atoms with E-state index in [4.69, 9.17) is 6.57 Å². The summed E-state index contributed by atoms with van der Waals surface area (Å²) in [5, 5.41) is 0. The van der Waals surface area contributed by atoms with Crippen molar-refractivity contribution >= 4 is 21.6 Å². The summed E-state index contributed by atoms with van der Waals surface area (Å²) in [6.45, 7) is 8.87. The first-order chi connectivity index (χ1) is 5.27. The van der Waals surface area contributed by atoms with Crippen LogP contribution in [0, 0.1) is 6.57 Å². The summed E-state index contributed by atoms with van der Waals surface area (Å²) >= 11 is 3.40. The van der Waals surface area contributed by atoms with Crippen LogP contribution in [0.2, 0.25) is 0 Å². The van der Waals surface area contributed by atoms with Crippen molar-refractivity contribution in [3.05, 3.63) is 39.7 Å². The standard InChI is InChI=1S/C9H8BrN/c1-3-7-4-5-8(11-2)6-9(7)10/h4-6H,3H2,1H3. The highest BCUT2D eigenvalue weighted by molar-refractivity contribution is 9.10. The van der Waals surface area contributed by atoms with Crippen molar-refractivity contribution in [2.24, 2.45) is 0 Å². The topological polar surface area (TPSA) is 4.36 Å². The molecule has 0 saturated carbocycles. The van der Waals surface area contributed by atoms with Gasteiger partial charge < -0.3 is 0 Å². The lowest BCUT2D eigenvalue weighted by Crippen LogP contribution is -1.79. The predicted octanol–water partition coefficient (Wildman–Crippen LogP) is 3.56. The number of aryl methyl sites for hydroxylation is 1. The molecule has 0 heterocycles. The third-order valence-corrected chi connectivity index (χ3v) is 2.28. The lowest BCUT2D eigenvalue weighted by molar-refractivity contribution is 1.13. The van der Waals surface area contributed by atoms with E-state index in [9.17, 15) is 0 Å². The summed E-state index contributed by atoms with van der Waals surface area (Å²) in [7, 11) is 0. The second-order valence-corrected chi connectivity index (χ2v) is 3.10. The second-order valence-electron chi connectivity index (χ2n) is 2.24. The molecule has 0 saturated heterocycles. The van der Waals surface area contributed by atoms with Crippen LogP contribution in [-0.4, -0.2) is 0 Å². The van der Waals surface area contributed by atoms with E-state index in [1.165, 1.54) is 5.56 Å². The van der Waals surface area contributed by atoms with Crippen LogP contribution in [0.4, 0.5) is 5.69 Å². The summed E-state index contributed by atoms with van der Waals surface area (Å²) in [5.41, 5.74) is 1.94. The predicted molar refractivity (Wildman–Crippen MR) is 49.8 cm³/mol. The van der Waals surface area contributed by atoms with Crippen LogP contribution < -0.4 is 0 Å². The fraction of sp³-hybridized carbons (Fsp3) is 0.222. The second kappa shape index (κ2) is 3.54. The Labute approximate surface area is 75.0 Å². The lowest BCUT2D eigenvalue weighted by atomic mass is 10.1. The van der Waals surface area contributed by atoms with Crippen molar-refractivity contribution < 1.29 is 0 Å². The zero-order valence-electron chi connectivity index (χ0n) is 6.26. The molecular formula is C9H8BrN. The fourth-order valence-electron chi connectivity index (χ4n) is 0.892. The molecule has 11 heavy (non-hydrogen) atoms. The van der Waals surface area contributed by atoms with Gasteiger partial charge in [-0.3, -0.25) is 0 Å². The van der Waals surface area contributed by atoms with Gasteiger partial charge in [0.1, 0.15) is 0 Å². The smallest absolute Gasteiger partial charge is 0.188 e. The minimum Gasteiger partial charge on any atom is -0.238 e. The van der Waals surface area contributed by atoms with Gasteiger partial charge in [0.2, 0.25) is 0 Å². The van der Waals surface area contributed by atoms with E-state index in [1.54, 1.807) is 0 Å². The van der Waals surface area contributed by atoms with Gasteiger partial charge in [0, 0.05) is 4.47 Å². The minimum atomic E-state index is 0.689. The molecule has 0 aliphatic carbocycles. The molecule has 0 N–H and O–H groups in total. The van der Waals surface area contributed by atoms with Crippen LogP contribution in [0.5, 0.6) is 0 Å². The maximum atomic E-state index is 6.77. The van der Waals surface area contributed by atoms with Crippen molar-refractivity contribution in [2.75, 3.05) is 0 Å². The van der Waals surface area contributed by atoms with Crippen molar-refractivity contribution in [1.82, 2.24) is 0 Å². The van der Waals surface area contributed by atoms with E-state index in [0.717, 1.165) is 10.9 Å². The first-order valence-corrected chi connectivity index (χ1v) is 4.23. The van der Waals surface area contributed by atoms with Crippen molar-refractivity contribution in [3.8, 4) is 0 Å². The maximum Gasteiger partial charge on any atom is 0.188 e. The molecule has 1 rings (SSSR count). The highest BCUT2D eigenvalue weighted by Crippen LogP contribution is 2.23. The molecule has 1 nitrogen and oxygen atoms in total. The van der Waals surface area contributed by atoms with Crippen LogP contribution in [0.25, 0.3) is 4.85 Å². The highest BCUT2D eigenvalue weighted by atomic mass is 79.9. The van der Waals surface area contributed by atoms with Gasteiger partial charge in [-0.25, -0.2) is 4.85 Å². The number of rotatable bonds is 1. The largest absolute Gasteiger partial charge is 0.238 e. The van der Waals surface area contributed by atoms with Gasteiger partial charge in [0.05, 0.1) is 6.57 Å².